The third-order valence-corrected chi connectivity index (χ3v) is 4.14. The highest BCUT2D eigenvalue weighted by Crippen LogP contribution is 2.20. The Morgan fingerprint density at radius 1 is 1.35 bits per heavy atom. The van der Waals surface area contributed by atoms with Crippen LogP contribution in [-0.4, -0.2) is 28.9 Å². The Balaban J connectivity index is 2.07. The normalized spacial score (nSPS) is 10.6. The van der Waals surface area contributed by atoms with Crippen molar-refractivity contribution in [1.29, 1.82) is 0 Å². The van der Waals surface area contributed by atoms with E-state index in [-0.39, 0.29) is 24.4 Å². The summed E-state index contributed by atoms with van der Waals surface area (Å²) in [6.45, 7) is 1.69. The maximum absolute atomic E-state index is 13.3. The number of aryl methyl sites for hydroxylation is 1. The first-order valence-corrected chi connectivity index (χ1v) is 7.57. The van der Waals surface area contributed by atoms with Gasteiger partial charge in [-0.25, -0.2) is 9.18 Å². The van der Waals surface area contributed by atoms with Crippen molar-refractivity contribution < 1.29 is 23.5 Å². The molecule has 0 atom stereocenters. The largest absolute Gasteiger partial charge is 0.478 e. The number of aromatic carboxylic acids is 1. The van der Waals surface area contributed by atoms with Crippen LogP contribution >= 0.6 is 15.9 Å². The van der Waals surface area contributed by atoms with Gasteiger partial charge in [0, 0.05) is 11.5 Å². The number of hydrogen-bond donors (Lipinski definition) is 1. The zero-order valence-corrected chi connectivity index (χ0v) is 14.2. The number of amides is 1. The molecule has 0 aliphatic carbocycles. The number of carbonyl (C=O) groups is 2. The molecule has 0 saturated carbocycles. The number of likely N-dealkylation sites (N-methyl/N-ethyl adjacent to an activating group) is 1. The van der Waals surface area contributed by atoms with E-state index in [0.717, 1.165) is 0 Å². The Hall–Kier alpha value is -2.15. The number of halogens is 2. The molecule has 1 aromatic heterocycles. The van der Waals surface area contributed by atoms with Crippen LogP contribution in [0.2, 0.25) is 0 Å². The quantitative estimate of drug-likeness (QED) is 0.858. The highest BCUT2D eigenvalue weighted by atomic mass is 79.9. The Morgan fingerprint density at radius 3 is 2.65 bits per heavy atom. The molecule has 0 spiro atoms. The number of carboxylic acids is 1. The lowest BCUT2D eigenvalue weighted by Gasteiger charge is -2.16. The molecule has 0 bridgehead atoms. The Labute approximate surface area is 140 Å². The lowest BCUT2D eigenvalue weighted by molar-refractivity contribution is -0.129. The molecular weight excluding hydrogens is 369 g/mol. The summed E-state index contributed by atoms with van der Waals surface area (Å²) < 4.78 is 19.3. The van der Waals surface area contributed by atoms with Crippen LogP contribution in [0.5, 0.6) is 0 Å². The second-order valence-electron chi connectivity index (χ2n) is 5.15. The highest BCUT2D eigenvalue weighted by molar-refractivity contribution is 9.10. The minimum absolute atomic E-state index is 0.0281. The Bertz CT molecular complexity index is 757. The highest BCUT2D eigenvalue weighted by Gasteiger charge is 2.18. The van der Waals surface area contributed by atoms with Gasteiger partial charge in [0.1, 0.15) is 22.9 Å². The fourth-order valence-corrected chi connectivity index (χ4v) is 2.52. The van der Waals surface area contributed by atoms with Gasteiger partial charge in [-0.05, 0) is 36.8 Å². The first-order chi connectivity index (χ1) is 10.8. The van der Waals surface area contributed by atoms with Crippen LogP contribution < -0.4 is 0 Å². The van der Waals surface area contributed by atoms with Gasteiger partial charge in [0.05, 0.1) is 13.0 Å². The van der Waals surface area contributed by atoms with E-state index in [1.807, 2.05) is 0 Å². The lowest BCUT2D eigenvalue weighted by Crippen LogP contribution is -2.27. The maximum Gasteiger partial charge on any atom is 0.339 e. The maximum atomic E-state index is 13.3. The molecule has 23 heavy (non-hydrogen) atoms. The van der Waals surface area contributed by atoms with Crippen LogP contribution in [0.3, 0.4) is 0 Å². The van der Waals surface area contributed by atoms with E-state index in [4.69, 9.17) is 9.52 Å². The van der Waals surface area contributed by atoms with E-state index in [0.29, 0.717) is 21.6 Å². The molecule has 1 aromatic carbocycles. The molecule has 122 valence electrons. The van der Waals surface area contributed by atoms with Gasteiger partial charge in [-0.15, -0.1) is 0 Å². The molecule has 0 unspecified atom stereocenters. The van der Waals surface area contributed by atoms with Gasteiger partial charge >= 0.3 is 5.97 Å². The van der Waals surface area contributed by atoms with Gasteiger partial charge in [-0.2, -0.15) is 0 Å². The monoisotopic (exact) mass is 383 g/mol. The number of benzene rings is 1. The Morgan fingerprint density at radius 2 is 2.04 bits per heavy atom. The number of rotatable bonds is 5. The zero-order valence-electron chi connectivity index (χ0n) is 12.6. The number of carbonyl (C=O) groups excluding carboxylic acids is 1. The summed E-state index contributed by atoms with van der Waals surface area (Å²) in [5, 5.41) is 8.99. The van der Waals surface area contributed by atoms with Gasteiger partial charge in [0.2, 0.25) is 5.91 Å². The van der Waals surface area contributed by atoms with Crippen LogP contribution in [0.1, 0.15) is 27.4 Å². The number of hydrogen-bond acceptors (Lipinski definition) is 3. The predicted molar refractivity (Wildman–Crippen MR) is 84.7 cm³/mol. The van der Waals surface area contributed by atoms with Gasteiger partial charge in [-0.3, -0.25) is 4.79 Å². The van der Waals surface area contributed by atoms with E-state index in [1.54, 1.807) is 20.0 Å². The summed E-state index contributed by atoms with van der Waals surface area (Å²) in [5.74, 6) is -1.04. The van der Waals surface area contributed by atoms with Gasteiger partial charge < -0.3 is 14.4 Å². The van der Waals surface area contributed by atoms with Crippen molar-refractivity contribution in [2.24, 2.45) is 0 Å². The van der Waals surface area contributed by atoms with Crippen molar-refractivity contribution in [3.8, 4) is 0 Å². The number of furan rings is 1. The molecule has 0 aliphatic heterocycles. The van der Waals surface area contributed by atoms with Crippen LogP contribution in [-0.2, 0) is 17.8 Å². The first kappa shape index (κ1) is 17.2. The predicted octanol–water partition coefficient (Wildman–Crippen LogP) is 3.39. The minimum atomic E-state index is -1.07. The minimum Gasteiger partial charge on any atom is -0.478 e. The summed E-state index contributed by atoms with van der Waals surface area (Å²) in [6.07, 6.45) is 0.0281. The molecule has 5 nitrogen and oxygen atoms in total. The molecule has 0 radical (unpaired) electrons. The van der Waals surface area contributed by atoms with Crippen LogP contribution in [0.15, 0.2) is 33.2 Å². The smallest absolute Gasteiger partial charge is 0.339 e. The SMILES string of the molecule is Cc1oc(CN(C)C(=O)Cc2cc(F)ccc2Br)cc1C(=O)O. The molecule has 0 fully saturated rings. The summed E-state index contributed by atoms with van der Waals surface area (Å²) >= 11 is 3.28. The van der Waals surface area contributed by atoms with Crippen molar-refractivity contribution in [1.82, 2.24) is 4.90 Å². The van der Waals surface area contributed by atoms with Crippen molar-refractivity contribution in [2.45, 2.75) is 19.9 Å². The Kier molecular flexibility index (Phi) is 5.20. The summed E-state index contributed by atoms with van der Waals surface area (Å²) in [6, 6.07) is 5.56. The standard InChI is InChI=1S/C16H15BrFNO4/c1-9-13(16(21)22)7-12(23-9)8-19(2)15(20)6-10-5-11(18)3-4-14(10)17/h3-5,7H,6,8H2,1-2H3,(H,21,22). The van der Waals surface area contributed by atoms with E-state index in [9.17, 15) is 14.0 Å². The van der Waals surface area contributed by atoms with Crippen molar-refractivity contribution in [3.05, 3.63) is 57.2 Å². The second-order valence-corrected chi connectivity index (χ2v) is 6.00. The molecule has 2 rings (SSSR count). The molecule has 1 heterocycles. The summed E-state index contributed by atoms with van der Waals surface area (Å²) in [7, 11) is 1.58. The summed E-state index contributed by atoms with van der Waals surface area (Å²) in [5.41, 5.74) is 0.623. The third-order valence-electron chi connectivity index (χ3n) is 3.37. The molecule has 1 N–H and O–H groups in total. The van der Waals surface area contributed by atoms with Crippen LogP contribution in [0.4, 0.5) is 4.39 Å². The molecule has 2 aromatic rings. The average molecular weight is 384 g/mol. The van der Waals surface area contributed by atoms with E-state index in [2.05, 4.69) is 15.9 Å². The van der Waals surface area contributed by atoms with Gasteiger partial charge in [0.15, 0.2) is 0 Å². The number of nitrogens with zero attached hydrogens (tertiary/aromatic N) is 1. The van der Waals surface area contributed by atoms with Crippen molar-refractivity contribution >= 4 is 27.8 Å². The van der Waals surface area contributed by atoms with Crippen molar-refractivity contribution in [3.63, 3.8) is 0 Å². The average Bonchev–Trinajstić information content (AvgIpc) is 2.83. The third kappa shape index (κ3) is 4.19. The zero-order chi connectivity index (χ0) is 17.1. The molecule has 0 aliphatic rings. The number of carboxylic acid groups (broad SMARTS) is 1. The van der Waals surface area contributed by atoms with E-state index < -0.39 is 11.8 Å². The molecule has 0 saturated heterocycles. The molecule has 7 heteroatoms. The molecule has 1 amide bonds. The van der Waals surface area contributed by atoms with E-state index >= 15 is 0 Å². The van der Waals surface area contributed by atoms with Gasteiger partial charge in [0.25, 0.3) is 0 Å². The summed E-state index contributed by atoms with van der Waals surface area (Å²) in [4.78, 5) is 24.6. The van der Waals surface area contributed by atoms with Crippen LogP contribution in [0.25, 0.3) is 0 Å². The lowest BCUT2D eigenvalue weighted by atomic mass is 10.1. The van der Waals surface area contributed by atoms with E-state index in [1.165, 1.54) is 23.1 Å². The fourth-order valence-electron chi connectivity index (χ4n) is 2.13. The fraction of sp³-hybridized carbons (Fsp3) is 0.250. The molecular formula is C16H15BrFNO4. The van der Waals surface area contributed by atoms with Crippen LogP contribution in [0, 0.1) is 12.7 Å². The van der Waals surface area contributed by atoms with Crippen molar-refractivity contribution in [2.75, 3.05) is 7.05 Å². The second kappa shape index (κ2) is 6.95. The topological polar surface area (TPSA) is 70.8 Å². The van der Waals surface area contributed by atoms with Gasteiger partial charge in [-0.1, -0.05) is 15.9 Å². The first-order valence-electron chi connectivity index (χ1n) is 6.78.